The van der Waals surface area contributed by atoms with E-state index in [1.807, 2.05) is 49.3 Å². The Morgan fingerprint density at radius 2 is 2.05 bits per heavy atom. The Bertz CT molecular complexity index is 423. The minimum absolute atomic E-state index is 0.0173. The summed E-state index contributed by atoms with van der Waals surface area (Å²) >= 11 is 0. The molecular weight excluding hydrogens is 238 g/mol. The number of nitrogens with zero attached hydrogens (tertiary/aromatic N) is 1. The highest BCUT2D eigenvalue weighted by Crippen LogP contribution is 2.12. The van der Waals surface area contributed by atoms with Crippen LogP contribution in [0.5, 0.6) is 0 Å². The Labute approximate surface area is 115 Å². The van der Waals surface area contributed by atoms with Crippen molar-refractivity contribution in [2.75, 3.05) is 33.7 Å². The van der Waals surface area contributed by atoms with Crippen LogP contribution in [0, 0.1) is 12.3 Å². The zero-order valence-corrected chi connectivity index (χ0v) is 11.5. The molecule has 1 aromatic carbocycles. The first kappa shape index (κ1) is 15.2. The number of hydrogen-bond donors (Lipinski definition) is 2. The van der Waals surface area contributed by atoms with Gasteiger partial charge in [0.05, 0.1) is 19.1 Å². The van der Waals surface area contributed by atoms with Crippen LogP contribution in [0.2, 0.25) is 0 Å². The SMILES string of the molecule is C#CCNCC(=O)NC(CN(C)C)c1ccccc1. The van der Waals surface area contributed by atoms with Crippen molar-refractivity contribution >= 4 is 5.91 Å². The van der Waals surface area contributed by atoms with Gasteiger partial charge in [0.25, 0.3) is 0 Å². The van der Waals surface area contributed by atoms with E-state index in [4.69, 9.17) is 6.42 Å². The first-order chi connectivity index (χ1) is 9.13. The maximum atomic E-state index is 11.8. The largest absolute Gasteiger partial charge is 0.347 e. The summed E-state index contributed by atoms with van der Waals surface area (Å²) in [6.45, 7) is 1.39. The topological polar surface area (TPSA) is 44.4 Å². The average Bonchev–Trinajstić information content (AvgIpc) is 2.39. The minimum Gasteiger partial charge on any atom is -0.347 e. The summed E-state index contributed by atoms with van der Waals surface area (Å²) < 4.78 is 0. The standard InChI is InChI=1S/C15H21N3O/c1-4-10-16-11-15(19)17-14(12-18(2)3)13-8-6-5-7-9-13/h1,5-9,14,16H,10-12H2,2-3H3,(H,17,19). The van der Waals surface area contributed by atoms with Crippen LogP contribution in [0.1, 0.15) is 11.6 Å². The predicted molar refractivity (Wildman–Crippen MR) is 77.6 cm³/mol. The molecule has 0 bridgehead atoms. The molecule has 19 heavy (non-hydrogen) atoms. The van der Waals surface area contributed by atoms with Crippen LogP contribution in [0.3, 0.4) is 0 Å². The fourth-order valence-electron chi connectivity index (χ4n) is 1.78. The summed E-state index contributed by atoms with van der Waals surface area (Å²) in [5.74, 6) is 2.39. The van der Waals surface area contributed by atoms with Gasteiger partial charge in [0.1, 0.15) is 0 Å². The third-order valence-electron chi connectivity index (χ3n) is 2.60. The van der Waals surface area contributed by atoms with Crippen molar-refractivity contribution in [2.45, 2.75) is 6.04 Å². The number of terminal acetylenes is 1. The molecule has 0 fully saturated rings. The highest BCUT2D eigenvalue weighted by atomic mass is 16.2. The second kappa shape index (κ2) is 8.30. The molecule has 0 saturated carbocycles. The monoisotopic (exact) mass is 259 g/mol. The fraction of sp³-hybridized carbons (Fsp3) is 0.400. The van der Waals surface area contributed by atoms with Gasteiger partial charge in [0.15, 0.2) is 0 Å². The lowest BCUT2D eigenvalue weighted by molar-refractivity contribution is -0.121. The Kier molecular flexibility index (Phi) is 6.65. The van der Waals surface area contributed by atoms with Gasteiger partial charge in [-0.3, -0.25) is 10.1 Å². The summed E-state index contributed by atoms with van der Waals surface area (Å²) in [6, 6.07) is 9.93. The highest BCUT2D eigenvalue weighted by molar-refractivity contribution is 5.78. The van der Waals surface area contributed by atoms with Gasteiger partial charge in [-0.1, -0.05) is 36.3 Å². The molecule has 4 nitrogen and oxygen atoms in total. The van der Waals surface area contributed by atoms with E-state index in [1.165, 1.54) is 0 Å². The molecule has 0 radical (unpaired) electrons. The molecule has 1 amide bonds. The molecule has 1 unspecified atom stereocenters. The quantitative estimate of drug-likeness (QED) is 0.557. The van der Waals surface area contributed by atoms with Crippen LogP contribution in [0.25, 0.3) is 0 Å². The van der Waals surface area contributed by atoms with Crippen molar-refractivity contribution in [1.29, 1.82) is 0 Å². The molecule has 0 saturated heterocycles. The minimum atomic E-state index is -0.0500. The van der Waals surface area contributed by atoms with E-state index < -0.39 is 0 Å². The van der Waals surface area contributed by atoms with Crippen LogP contribution in [-0.2, 0) is 4.79 Å². The second-order valence-corrected chi connectivity index (χ2v) is 4.60. The molecule has 0 spiro atoms. The van der Waals surface area contributed by atoms with Crippen LogP contribution < -0.4 is 10.6 Å². The van der Waals surface area contributed by atoms with E-state index in [0.29, 0.717) is 6.54 Å². The Balaban J connectivity index is 2.60. The number of hydrogen-bond acceptors (Lipinski definition) is 3. The van der Waals surface area contributed by atoms with E-state index >= 15 is 0 Å². The maximum absolute atomic E-state index is 11.8. The Morgan fingerprint density at radius 3 is 2.63 bits per heavy atom. The number of likely N-dealkylation sites (N-methyl/N-ethyl adjacent to an activating group) is 1. The Morgan fingerprint density at radius 1 is 1.37 bits per heavy atom. The lowest BCUT2D eigenvalue weighted by Gasteiger charge is -2.23. The third-order valence-corrected chi connectivity index (χ3v) is 2.60. The molecule has 2 N–H and O–H groups in total. The maximum Gasteiger partial charge on any atom is 0.234 e. The lowest BCUT2D eigenvalue weighted by atomic mass is 10.1. The number of carbonyl (C=O) groups is 1. The van der Waals surface area contributed by atoms with Gasteiger partial charge in [0, 0.05) is 6.54 Å². The van der Waals surface area contributed by atoms with Crippen LogP contribution >= 0.6 is 0 Å². The van der Waals surface area contributed by atoms with Crippen LogP contribution in [0.4, 0.5) is 0 Å². The number of amides is 1. The van der Waals surface area contributed by atoms with Gasteiger partial charge in [-0.25, -0.2) is 0 Å². The van der Waals surface area contributed by atoms with Crippen molar-refractivity contribution < 1.29 is 4.79 Å². The first-order valence-electron chi connectivity index (χ1n) is 6.26. The zero-order valence-electron chi connectivity index (χ0n) is 11.5. The molecule has 0 aliphatic rings. The van der Waals surface area contributed by atoms with Crippen molar-refractivity contribution in [2.24, 2.45) is 0 Å². The fourth-order valence-corrected chi connectivity index (χ4v) is 1.78. The molecular formula is C15H21N3O. The first-order valence-corrected chi connectivity index (χ1v) is 6.26. The zero-order chi connectivity index (χ0) is 14.1. The number of nitrogens with one attached hydrogen (secondary N) is 2. The Hall–Kier alpha value is -1.83. The smallest absolute Gasteiger partial charge is 0.234 e. The molecule has 0 aromatic heterocycles. The van der Waals surface area contributed by atoms with Crippen LogP contribution in [-0.4, -0.2) is 44.5 Å². The van der Waals surface area contributed by atoms with E-state index in [1.54, 1.807) is 0 Å². The predicted octanol–water partition coefficient (Wildman–Crippen LogP) is 0.628. The summed E-state index contributed by atoms with van der Waals surface area (Å²) in [7, 11) is 3.97. The van der Waals surface area contributed by atoms with Crippen molar-refractivity contribution in [3.05, 3.63) is 35.9 Å². The molecule has 0 aliphatic heterocycles. The summed E-state index contributed by atoms with van der Waals surface area (Å²) in [5, 5.41) is 5.90. The van der Waals surface area contributed by atoms with Crippen molar-refractivity contribution in [1.82, 2.24) is 15.5 Å². The van der Waals surface area contributed by atoms with Crippen molar-refractivity contribution in [3.8, 4) is 12.3 Å². The van der Waals surface area contributed by atoms with E-state index in [2.05, 4.69) is 16.6 Å². The molecule has 1 aromatic rings. The van der Waals surface area contributed by atoms with Crippen molar-refractivity contribution in [3.63, 3.8) is 0 Å². The second-order valence-electron chi connectivity index (χ2n) is 4.60. The summed E-state index contributed by atoms with van der Waals surface area (Å²) in [4.78, 5) is 13.9. The van der Waals surface area contributed by atoms with Crippen LogP contribution in [0.15, 0.2) is 30.3 Å². The normalized spacial score (nSPS) is 11.9. The highest BCUT2D eigenvalue weighted by Gasteiger charge is 2.14. The van der Waals surface area contributed by atoms with Gasteiger partial charge in [0.2, 0.25) is 5.91 Å². The molecule has 4 heteroatoms. The molecule has 0 aliphatic carbocycles. The summed E-state index contributed by atoms with van der Waals surface area (Å²) in [6.07, 6.45) is 5.12. The molecule has 1 atom stereocenters. The van der Waals surface area contributed by atoms with Gasteiger partial charge >= 0.3 is 0 Å². The number of carbonyl (C=O) groups excluding carboxylic acids is 1. The number of benzene rings is 1. The van der Waals surface area contributed by atoms with E-state index in [-0.39, 0.29) is 18.5 Å². The lowest BCUT2D eigenvalue weighted by Crippen LogP contribution is -2.40. The molecule has 1 rings (SSSR count). The van der Waals surface area contributed by atoms with Gasteiger partial charge in [-0.2, -0.15) is 0 Å². The number of rotatable bonds is 7. The van der Waals surface area contributed by atoms with Gasteiger partial charge in [-0.15, -0.1) is 6.42 Å². The third kappa shape index (κ3) is 6.05. The molecule has 0 heterocycles. The van der Waals surface area contributed by atoms with E-state index in [0.717, 1.165) is 12.1 Å². The van der Waals surface area contributed by atoms with Gasteiger partial charge in [-0.05, 0) is 19.7 Å². The van der Waals surface area contributed by atoms with Gasteiger partial charge < -0.3 is 10.2 Å². The average molecular weight is 259 g/mol. The molecule has 102 valence electrons. The van der Waals surface area contributed by atoms with E-state index in [9.17, 15) is 4.79 Å². The summed E-state index contributed by atoms with van der Waals surface area (Å²) in [5.41, 5.74) is 1.10.